The second-order valence-electron chi connectivity index (χ2n) is 22.2. The number of aliphatic hydroxyl groups is 3. The first-order chi connectivity index (χ1) is 34.8. The van der Waals surface area contributed by atoms with Gasteiger partial charge in [0, 0.05) is 58.5 Å². The molecular weight excluding hydrogens is 951 g/mol. The molecule has 0 radical (unpaired) electrons. The third-order valence-electron chi connectivity index (χ3n) is 16.6. The molecular formula is C58H93NO15. The molecule has 0 aromatic heterocycles. The average Bonchev–Trinajstić information content (AvgIpc) is 3.38. The molecule has 3 aliphatic heterocycles. The third-order valence-corrected chi connectivity index (χ3v) is 16.6. The van der Waals surface area contributed by atoms with Crippen LogP contribution < -0.4 is 0 Å². The number of aliphatic hydroxyl groups excluding tert-OH is 2. The van der Waals surface area contributed by atoms with Gasteiger partial charge in [-0.15, -0.1) is 0 Å². The van der Waals surface area contributed by atoms with Crippen LogP contribution in [0.25, 0.3) is 0 Å². The second kappa shape index (κ2) is 30.1. The predicted octanol–water partition coefficient (Wildman–Crippen LogP) is 8.08. The number of allylic oxidation sites excluding steroid dienone is 6. The molecule has 2 bridgehead atoms. The number of hydrogen-bond acceptors (Lipinski definition) is 14. The lowest BCUT2D eigenvalue weighted by Crippen LogP contribution is -2.61. The largest absolute Gasteiger partial charge is 0.481 e. The van der Waals surface area contributed by atoms with Crippen molar-refractivity contribution in [1.82, 2.24) is 4.90 Å². The predicted molar refractivity (Wildman–Crippen MR) is 281 cm³/mol. The quantitative estimate of drug-likeness (QED) is 0.0971. The van der Waals surface area contributed by atoms with Crippen molar-refractivity contribution in [3.8, 4) is 0 Å². The van der Waals surface area contributed by atoms with Gasteiger partial charge in [-0.05, 0) is 127 Å². The Morgan fingerprint density at radius 3 is 2.14 bits per heavy atom. The molecule has 1 amide bonds. The lowest BCUT2D eigenvalue weighted by molar-refractivity contribution is -0.265. The number of nitrogens with zero attached hydrogens (tertiary/aromatic N) is 1. The number of ether oxygens (including phenoxy) is 5. The van der Waals surface area contributed by atoms with Crippen molar-refractivity contribution in [1.29, 1.82) is 0 Å². The number of ketones is 3. The molecule has 420 valence electrons. The van der Waals surface area contributed by atoms with Gasteiger partial charge in [0.25, 0.3) is 11.7 Å². The van der Waals surface area contributed by atoms with Gasteiger partial charge < -0.3 is 49.0 Å². The SMILES string of the molecule is CCC(C)(CC)C(=O)O.CO[C@H]1C[C@@H]2CC[C@@H](C)[C@@](O)(O2)C(=O)C(=O)N2CCCC[C@H]2C(=O)O[C@H]([C@H](C)C[C@@H]2CC[C@@H](O)[C@H](OC)C2)CC(=O)[C@H](C)/C=C(\C)[C@@H](O)[C@@H](OC)C(=O)[C@H](C)C[C@H](C)/C=C/C=C/C=C/1C. The standard InChI is InChI=1S/C51H79NO13.C7H14O2/c1-30-16-12-11-13-17-31(2)42(61-8)28-38-21-19-36(7)51(60,65-38)48(57)49(58)52-23-15-14-18-39(52)50(59)64-43(33(4)26-37-20-22-40(53)44(27-37)62-9)29-41(54)32(3)25-35(6)46(56)47(63-10)45(55)34(5)24-30;1-4-7(3,5-2)6(8)9/h11-13,16-17,25,30,32-34,36-40,42-44,46-47,53,56,60H,14-15,18-24,26-29H2,1-10H3;4-5H2,1-3H3,(H,8,9)/b13-11+,16-12+,31-17+,35-25+;/t30-,32-,33-,34-,36-,37+,38+,39+,40-,42+,43+,44-,46-,47+,51-;/m1./s1. The number of piperidine rings is 1. The van der Waals surface area contributed by atoms with E-state index in [1.165, 1.54) is 12.0 Å². The zero-order chi connectivity index (χ0) is 55.7. The Bertz CT molecular complexity index is 1990. The molecule has 1 aliphatic carbocycles. The fourth-order valence-electron chi connectivity index (χ4n) is 10.7. The topological polar surface area (TPSA) is 233 Å². The first kappa shape index (κ1) is 64.4. The van der Waals surface area contributed by atoms with E-state index in [2.05, 4.69) is 0 Å². The highest BCUT2D eigenvalue weighted by Gasteiger charge is 2.53. The number of methoxy groups -OCH3 is 3. The van der Waals surface area contributed by atoms with Gasteiger partial charge in [-0.25, -0.2) is 4.79 Å². The first-order valence-electron chi connectivity index (χ1n) is 27.2. The van der Waals surface area contributed by atoms with Crippen LogP contribution in [0.3, 0.4) is 0 Å². The minimum Gasteiger partial charge on any atom is -0.481 e. The van der Waals surface area contributed by atoms with Crippen molar-refractivity contribution < 1.29 is 72.9 Å². The van der Waals surface area contributed by atoms with Crippen LogP contribution in [-0.4, -0.2) is 143 Å². The normalized spacial score (nSPS) is 36.9. The molecule has 3 heterocycles. The maximum atomic E-state index is 14.4. The van der Waals surface area contributed by atoms with Crippen molar-refractivity contribution in [3.63, 3.8) is 0 Å². The molecule has 1 saturated carbocycles. The molecule has 16 heteroatoms. The molecule has 0 aromatic carbocycles. The van der Waals surface area contributed by atoms with Crippen LogP contribution >= 0.6 is 0 Å². The minimum atomic E-state index is -2.43. The molecule has 4 N–H and O–H groups in total. The summed E-state index contributed by atoms with van der Waals surface area (Å²) in [5, 5.41) is 42.5. The van der Waals surface area contributed by atoms with Crippen molar-refractivity contribution in [2.45, 2.75) is 214 Å². The number of fused-ring (bicyclic) bond motifs is 3. The Kier molecular flexibility index (Phi) is 26.2. The zero-order valence-electron chi connectivity index (χ0n) is 46.9. The summed E-state index contributed by atoms with van der Waals surface area (Å²) < 4.78 is 29.4. The monoisotopic (exact) mass is 1040 g/mol. The number of cyclic esters (lactones) is 1. The number of aliphatic carboxylic acids is 1. The van der Waals surface area contributed by atoms with E-state index >= 15 is 0 Å². The highest BCUT2D eigenvalue weighted by atomic mass is 16.6. The van der Waals surface area contributed by atoms with Crippen molar-refractivity contribution in [2.75, 3.05) is 27.9 Å². The first-order valence-corrected chi connectivity index (χ1v) is 27.2. The summed E-state index contributed by atoms with van der Waals surface area (Å²) in [6.45, 7) is 18.3. The van der Waals surface area contributed by atoms with E-state index in [4.69, 9.17) is 28.8 Å². The van der Waals surface area contributed by atoms with Crippen LogP contribution in [0.15, 0.2) is 47.6 Å². The Balaban J connectivity index is 0.00000146. The summed E-state index contributed by atoms with van der Waals surface area (Å²) in [6, 6.07) is -1.14. The number of Topliss-reactive ketones (excluding diaryl/α,β-unsaturated/α-hetero) is 3. The zero-order valence-corrected chi connectivity index (χ0v) is 46.9. The van der Waals surface area contributed by atoms with Crippen LogP contribution in [0.4, 0.5) is 0 Å². The van der Waals surface area contributed by atoms with E-state index in [1.54, 1.807) is 48.0 Å². The summed E-state index contributed by atoms with van der Waals surface area (Å²) in [4.78, 5) is 82.3. The number of carboxylic acid groups (broad SMARTS) is 1. The van der Waals surface area contributed by atoms with Gasteiger partial charge in [0.2, 0.25) is 5.79 Å². The van der Waals surface area contributed by atoms with Crippen LogP contribution in [0, 0.1) is 40.9 Å². The van der Waals surface area contributed by atoms with Gasteiger partial charge in [0.1, 0.15) is 30.1 Å². The summed E-state index contributed by atoms with van der Waals surface area (Å²) in [7, 11) is 4.52. The Morgan fingerprint density at radius 1 is 0.865 bits per heavy atom. The van der Waals surface area contributed by atoms with Crippen LogP contribution in [0.5, 0.6) is 0 Å². The molecule has 74 heavy (non-hydrogen) atoms. The van der Waals surface area contributed by atoms with Gasteiger partial charge in [-0.1, -0.05) is 84.9 Å². The van der Waals surface area contributed by atoms with Crippen molar-refractivity contribution in [3.05, 3.63) is 47.6 Å². The van der Waals surface area contributed by atoms with Crippen molar-refractivity contribution in [2.24, 2.45) is 40.9 Å². The number of carbonyl (C=O) groups is 6. The number of esters is 1. The van der Waals surface area contributed by atoms with E-state index in [1.807, 2.05) is 71.9 Å². The maximum Gasteiger partial charge on any atom is 0.329 e. The highest BCUT2D eigenvalue weighted by molar-refractivity contribution is 6.39. The molecule has 3 fully saturated rings. The summed E-state index contributed by atoms with van der Waals surface area (Å²) in [5.41, 5.74) is 0.766. The van der Waals surface area contributed by atoms with Crippen LogP contribution in [0.1, 0.15) is 159 Å². The maximum absolute atomic E-state index is 14.4. The lowest BCUT2D eigenvalue weighted by atomic mass is 9.78. The number of hydrogen-bond donors (Lipinski definition) is 4. The number of amides is 1. The molecule has 0 unspecified atom stereocenters. The Hall–Kier alpha value is -3.90. The van der Waals surface area contributed by atoms with E-state index in [9.17, 15) is 44.1 Å². The van der Waals surface area contributed by atoms with Gasteiger partial charge in [-0.2, -0.15) is 0 Å². The fraction of sp³-hybridized carbons (Fsp3) is 0.759. The molecule has 0 aromatic rings. The molecule has 4 aliphatic rings. The molecule has 15 atom stereocenters. The highest BCUT2D eigenvalue weighted by Crippen LogP contribution is 2.38. The minimum absolute atomic E-state index is 0.0193. The second-order valence-corrected chi connectivity index (χ2v) is 22.2. The third kappa shape index (κ3) is 17.6. The molecule has 16 nitrogen and oxygen atoms in total. The van der Waals surface area contributed by atoms with Gasteiger partial charge in [0.15, 0.2) is 5.78 Å². The van der Waals surface area contributed by atoms with Gasteiger partial charge >= 0.3 is 11.9 Å². The Labute approximate surface area is 441 Å². The molecule has 4 rings (SSSR count). The summed E-state index contributed by atoms with van der Waals surface area (Å²) in [6.07, 6.45) is 12.6. The summed E-state index contributed by atoms with van der Waals surface area (Å²) >= 11 is 0. The number of rotatable bonds is 9. The fourth-order valence-corrected chi connectivity index (χ4v) is 10.7. The lowest BCUT2D eigenvalue weighted by Gasteiger charge is -2.42. The molecule has 0 spiro atoms. The average molecular weight is 1040 g/mol. The van der Waals surface area contributed by atoms with E-state index in [0.29, 0.717) is 76.2 Å². The van der Waals surface area contributed by atoms with Crippen LogP contribution in [0.2, 0.25) is 0 Å². The van der Waals surface area contributed by atoms with E-state index in [0.717, 1.165) is 12.0 Å². The number of carbonyl (C=O) groups excluding carboxylic acids is 5. The van der Waals surface area contributed by atoms with E-state index < -0.39 is 95.3 Å². The van der Waals surface area contributed by atoms with Gasteiger partial charge in [-0.3, -0.25) is 24.0 Å². The van der Waals surface area contributed by atoms with Crippen molar-refractivity contribution >= 4 is 35.2 Å². The Morgan fingerprint density at radius 2 is 1.54 bits per heavy atom. The molecule has 2 saturated heterocycles. The van der Waals surface area contributed by atoms with Gasteiger partial charge in [0.05, 0.1) is 29.8 Å². The smallest absolute Gasteiger partial charge is 0.329 e. The summed E-state index contributed by atoms with van der Waals surface area (Å²) in [5.74, 6) is -8.65. The van der Waals surface area contributed by atoms with E-state index in [-0.39, 0.29) is 54.8 Å². The van der Waals surface area contributed by atoms with Crippen LogP contribution in [-0.2, 0) is 52.5 Å². The number of carboxylic acids is 1.